The smallest absolute Gasteiger partial charge is 0.354 e. The van der Waals surface area contributed by atoms with Crippen LogP contribution in [0.4, 0.5) is 5.82 Å². The topological polar surface area (TPSA) is 88.2 Å². The van der Waals surface area contributed by atoms with Crippen molar-refractivity contribution in [3.05, 3.63) is 41.9 Å². The molecular formula is C10H9N3O3. The summed E-state index contributed by atoms with van der Waals surface area (Å²) in [6, 6.07) is 6.46. The van der Waals surface area contributed by atoms with E-state index in [4.69, 9.17) is 9.63 Å². The maximum atomic E-state index is 10.7. The fourth-order valence-electron chi connectivity index (χ4n) is 1.16. The third-order valence-corrected chi connectivity index (χ3v) is 1.90. The number of aromatic nitrogens is 2. The van der Waals surface area contributed by atoms with Crippen LogP contribution in [-0.4, -0.2) is 21.2 Å². The second kappa shape index (κ2) is 4.43. The largest absolute Gasteiger partial charge is 0.477 e. The molecule has 2 aromatic heterocycles. The molecule has 0 aliphatic carbocycles. The number of carbonyl (C=O) groups is 1. The van der Waals surface area contributed by atoms with Crippen LogP contribution in [0.1, 0.15) is 16.2 Å². The van der Waals surface area contributed by atoms with Crippen LogP contribution < -0.4 is 5.32 Å². The van der Waals surface area contributed by atoms with Gasteiger partial charge in [0, 0.05) is 6.07 Å². The molecule has 0 aliphatic heterocycles. The zero-order chi connectivity index (χ0) is 11.4. The second-order valence-electron chi connectivity index (χ2n) is 3.05. The molecule has 2 heterocycles. The van der Waals surface area contributed by atoms with E-state index < -0.39 is 5.97 Å². The van der Waals surface area contributed by atoms with Gasteiger partial charge in [0.2, 0.25) is 0 Å². The summed E-state index contributed by atoms with van der Waals surface area (Å²) in [6.45, 7) is 0.413. The highest BCUT2D eigenvalue weighted by molar-refractivity contribution is 5.85. The molecule has 0 spiro atoms. The zero-order valence-electron chi connectivity index (χ0n) is 8.25. The van der Waals surface area contributed by atoms with Gasteiger partial charge in [0.25, 0.3) is 0 Å². The Bertz CT molecular complexity index is 482. The molecule has 0 radical (unpaired) electrons. The molecule has 0 unspecified atom stereocenters. The van der Waals surface area contributed by atoms with E-state index in [1.54, 1.807) is 18.2 Å². The molecule has 2 rings (SSSR count). The molecular weight excluding hydrogens is 210 g/mol. The number of aromatic carboxylic acids is 1. The first-order valence-corrected chi connectivity index (χ1v) is 4.59. The lowest BCUT2D eigenvalue weighted by Crippen LogP contribution is -2.05. The van der Waals surface area contributed by atoms with Gasteiger partial charge in [0.1, 0.15) is 5.82 Å². The number of hydrogen-bond donors (Lipinski definition) is 2. The van der Waals surface area contributed by atoms with Gasteiger partial charge in [-0.25, -0.2) is 9.78 Å². The van der Waals surface area contributed by atoms with Crippen molar-refractivity contribution in [1.82, 2.24) is 10.1 Å². The quantitative estimate of drug-likeness (QED) is 0.807. The van der Waals surface area contributed by atoms with Crippen LogP contribution in [0.5, 0.6) is 0 Å². The lowest BCUT2D eigenvalue weighted by Gasteiger charge is -2.03. The van der Waals surface area contributed by atoms with Crippen LogP contribution in [0.15, 0.2) is 35.0 Å². The molecule has 0 bridgehead atoms. The molecule has 6 heteroatoms. The van der Waals surface area contributed by atoms with Gasteiger partial charge in [-0.15, -0.1) is 0 Å². The van der Waals surface area contributed by atoms with Gasteiger partial charge in [0.15, 0.2) is 11.5 Å². The first-order valence-electron chi connectivity index (χ1n) is 4.59. The Kier molecular flexibility index (Phi) is 2.81. The zero-order valence-corrected chi connectivity index (χ0v) is 8.25. The molecule has 2 aromatic rings. The maximum absolute atomic E-state index is 10.7. The number of rotatable bonds is 4. The molecule has 0 aliphatic rings. The minimum atomic E-state index is -1.05. The first kappa shape index (κ1) is 10.2. The van der Waals surface area contributed by atoms with E-state index in [-0.39, 0.29) is 5.69 Å². The van der Waals surface area contributed by atoms with E-state index in [1.807, 2.05) is 0 Å². The van der Waals surface area contributed by atoms with Crippen LogP contribution in [-0.2, 0) is 6.54 Å². The predicted octanol–water partition coefficient (Wildman–Crippen LogP) is 1.38. The van der Waals surface area contributed by atoms with Crippen molar-refractivity contribution in [2.24, 2.45) is 0 Å². The minimum absolute atomic E-state index is 0.00238. The van der Waals surface area contributed by atoms with E-state index in [2.05, 4.69) is 15.5 Å². The van der Waals surface area contributed by atoms with Crippen LogP contribution in [0.2, 0.25) is 0 Å². The molecule has 0 amide bonds. The number of hydrogen-bond acceptors (Lipinski definition) is 5. The van der Waals surface area contributed by atoms with Gasteiger partial charge < -0.3 is 14.9 Å². The Hall–Kier alpha value is -2.37. The van der Waals surface area contributed by atoms with Crippen molar-refractivity contribution in [2.45, 2.75) is 6.54 Å². The Morgan fingerprint density at radius 1 is 1.44 bits per heavy atom. The highest BCUT2D eigenvalue weighted by Gasteiger charge is 2.05. The van der Waals surface area contributed by atoms with Crippen molar-refractivity contribution >= 4 is 11.8 Å². The summed E-state index contributed by atoms with van der Waals surface area (Å²) < 4.78 is 4.88. The molecule has 82 valence electrons. The SMILES string of the molecule is O=C(O)c1cccc(NCc2ccno2)n1. The van der Waals surface area contributed by atoms with Gasteiger partial charge in [-0.2, -0.15) is 0 Å². The Labute approximate surface area is 90.9 Å². The number of nitrogens with one attached hydrogen (secondary N) is 1. The summed E-state index contributed by atoms with van der Waals surface area (Å²) in [5, 5.41) is 15.2. The second-order valence-corrected chi connectivity index (χ2v) is 3.05. The number of carboxylic acid groups (broad SMARTS) is 1. The molecule has 0 aromatic carbocycles. The Morgan fingerprint density at radius 2 is 2.31 bits per heavy atom. The Morgan fingerprint density at radius 3 is 3.00 bits per heavy atom. The van der Waals surface area contributed by atoms with Crippen molar-refractivity contribution < 1.29 is 14.4 Å². The molecule has 2 N–H and O–H groups in total. The molecule has 0 fully saturated rings. The van der Waals surface area contributed by atoms with Gasteiger partial charge in [-0.3, -0.25) is 0 Å². The van der Waals surface area contributed by atoms with E-state index in [1.165, 1.54) is 12.3 Å². The molecule has 0 saturated heterocycles. The third kappa shape index (κ3) is 2.35. The third-order valence-electron chi connectivity index (χ3n) is 1.90. The van der Waals surface area contributed by atoms with E-state index in [0.29, 0.717) is 18.1 Å². The van der Waals surface area contributed by atoms with Crippen molar-refractivity contribution in [3.63, 3.8) is 0 Å². The standard InChI is InChI=1S/C10H9N3O3/c14-10(15)8-2-1-3-9(13-8)11-6-7-4-5-12-16-7/h1-5H,6H2,(H,11,13)(H,14,15). The van der Waals surface area contributed by atoms with Gasteiger partial charge in [-0.05, 0) is 12.1 Å². The van der Waals surface area contributed by atoms with Crippen molar-refractivity contribution in [1.29, 1.82) is 0 Å². The van der Waals surface area contributed by atoms with Crippen LogP contribution in [0.3, 0.4) is 0 Å². The number of nitrogens with zero attached hydrogens (tertiary/aromatic N) is 2. The summed E-state index contributed by atoms with van der Waals surface area (Å²) in [5.41, 5.74) is 0.00238. The van der Waals surface area contributed by atoms with Crippen LogP contribution in [0.25, 0.3) is 0 Å². The number of anilines is 1. The van der Waals surface area contributed by atoms with E-state index >= 15 is 0 Å². The number of carboxylic acids is 1. The molecule has 0 atom stereocenters. The lowest BCUT2D eigenvalue weighted by atomic mass is 10.3. The average molecular weight is 219 g/mol. The van der Waals surface area contributed by atoms with E-state index in [0.717, 1.165) is 0 Å². The minimum Gasteiger partial charge on any atom is -0.477 e. The fourth-order valence-corrected chi connectivity index (χ4v) is 1.16. The van der Waals surface area contributed by atoms with E-state index in [9.17, 15) is 4.79 Å². The summed E-state index contributed by atoms with van der Waals surface area (Å²) >= 11 is 0. The lowest BCUT2D eigenvalue weighted by molar-refractivity contribution is 0.0690. The predicted molar refractivity (Wildman–Crippen MR) is 55.0 cm³/mol. The first-order chi connectivity index (χ1) is 7.75. The number of pyridine rings is 1. The summed E-state index contributed by atoms with van der Waals surface area (Å²) in [4.78, 5) is 14.6. The van der Waals surface area contributed by atoms with Gasteiger partial charge in [-0.1, -0.05) is 11.2 Å². The highest BCUT2D eigenvalue weighted by Crippen LogP contribution is 2.07. The van der Waals surface area contributed by atoms with Crippen molar-refractivity contribution in [3.8, 4) is 0 Å². The van der Waals surface area contributed by atoms with Crippen molar-refractivity contribution in [2.75, 3.05) is 5.32 Å². The van der Waals surface area contributed by atoms with Gasteiger partial charge >= 0.3 is 5.97 Å². The van der Waals surface area contributed by atoms with Crippen LogP contribution >= 0.6 is 0 Å². The molecule has 16 heavy (non-hydrogen) atoms. The molecule has 0 saturated carbocycles. The fraction of sp³-hybridized carbons (Fsp3) is 0.100. The normalized spacial score (nSPS) is 10.0. The maximum Gasteiger partial charge on any atom is 0.354 e. The molecule has 6 nitrogen and oxygen atoms in total. The highest BCUT2D eigenvalue weighted by atomic mass is 16.5. The summed E-state index contributed by atoms with van der Waals surface area (Å²) in [7, 11) is 0. The monoisotopic (exact) mass is 219 g/mol. The Balaban J connectivity index is 2.04. The van der Waals surface area contributed by atoms with Gasteiger partial charge in [0.05, 0.1) is 12.7 Å². The summed E-state index contributed by atoms with van der Waals surface area (Å²) in [6.07, 6.45) is 1.54. The van der Waals surface area contributed by atoms with Crippen LogP contribution in [0, 0.1) is 0 Å². The summed E-state index contributed by atoms with van der Waals surface area (Å²) in [5.74, 6) is 0.0853. The average Bonchev–Trinajstić information content (AvgIpc) is 2.79.